The van der Waals surface area contributed by atoms with Gasteiger partial charge in [0.25, 0.3) is 0 Å². The summed E-state index contributed by atoms with van der Waals surface area (Å²) in [5, 5.41) is 27.0. The lowest BCUT2D eigenvalue weighted by atomic mass is 9.86. The van der Waals surface area contributed by atoms with Gasteiger partial charge in [0, 0.05) is 24.1 Å². The largest absolute Gasteiger partial charge is 0.487 e. The van der Waals surface area contributed by atoms with Crippen molar-refractivity contribution in [2.75, 3.05) is 18.8 Å². The molecular weight excluding hydrogens is 416 g/mol. The van der Waals surface area contributed by atoms with Crippen LogP contribution in [-0.4, -0.2) is 51.7 Å². The van der Waals surface area contributed by atoms with E-state index in [2.05, 4.69) is 45.1 Å². The first-order valence-corrected chi connectivity index (χ1v) is 13.3. The lowest BCUT2D eigenvalue weighted by molar-refractivity contribution is -0.216. The SMILES string of the molecule is CC1(C)CSSC1CNCC(O)C1CCc2cc3c(cc2O1)C(C)(C)N(O)C3(C)C. The molecule has 5 nitrogen and oxygen atoms in total. The Labute approximate surface area is 188 Å². The van der Waals surface area contributed by atoms with Gasteiger partial charge in [0.2, 0.25) is 0 Å². The van der Waals surface area contributed by atoms with Crippen LogP contribution in [0.15, 0.2) is 12.1 Å². The molecule has 0 saturated carbocycles. The maximum atomic E-state index is 10.8. The Morgan fingerprint density at radius 3 is 2.47 bits per heavy atom. The van der Waals surface area contributed by atoms with E-state index in [1.807, 2.05) is 35.4 Å². The van der Waals surface area contributed by atoms with Crippen molar-refractivity contribution in [2.45, 2.75) is 82.9 Å². The number of hydrogen-bond acceptors (Lipinski definition) is 7. The zero-order valence-corrected chi connectivity index (χ0v) is 20.6. The molecule has 7 heteroatoms. The van der Waals surface area contributed by atoms with Gasteiger partial charge < -0.3 is 20.4 Å². The van der Waals surface area contributed by atoms with Gasteiger partial charge in [0.05, 0.1) is 11.1 Å². The number of hydrogen-bond donors (Lipinski definition) is 3. The maximum Gasteiger partial charge on any atom is 0.126 e. The molecule has 0 radical (unpaired) electrons. The molecule has 1 aromatic carbocycles. The molecule has 30 heavy (non-hydrogen) atoms. The van der Waals surface area contributed by atoms with Crippen molar-refractivity contribution in [2.24, 2.45) is 5.41 Å². The number of benzene rings is 1. The molecule has 4 rings (SSSR count). The van der Waals surface area contributed by atoms with Gasteiger partial charge in [0.15, 0.2) is 0 Å². The first-order chi connectivity index (χ1) is 13.9. The topological polar surface area (TPSA) is 65.0 Å². The molecule has 168 valence electrons. The zero-order valence-electron chi connectivity index (χ0n) is 19.0. The summed E-state index contributed by atoms with van der Waals surface area (Å²) in [4.78, 5) is 0. The van der Waals surface area contributed by atoms with Crippen molar-refractivity contribution >= 4 is 21.6 Å². The van der Waals surface area contributed by atoms with Gasteiger partial charge in [-0.25, -0.2) is 0 Å². The number of rotatable bonds is 5. The summed E-state index contributed by atoms with van der Waals surface area (Å²) < 4.78 is 6.28. The molecule has 1 saturated heterocycles. The first-order valence-electron chi connectivity index (χ1n) is 11.0. The van der Waals surface area contributed by atoms with Crippen LogP contribution < -0.4 is 10.1 Å². The van der Waals surface area contributed by atoms with Crippen LogP contribution in [0.5, 0.6) is 5.75 Å². The molecule has 3 N–H and O–H groups in total. The van der Waals surface area contributed by atoms with Crippen LogP contribution in [0.2, 0.25) is 0 Å². The first kappa shape index (κ1) is 22.7. The van der Waals surface area contributed by atoms with E-state index in [1.165, 1.54) is 16.4 Å². The lowest BCUT2D eigenvalue weighted by Crippen LogP contribution is -2.44. The summed E-state index contributed by atoms with van der Waals surface area (Å²) >= 11 is 0. The third-order valence-corrected chi connectivity index (χ3v) is 10.6. The van der Waals surface area contributed by atoms with E-state index in [-0.39, 0.29) is 6.10 Å². The summed E-state index contributed by atoms with van der Waals surface area (Å²) in [5.74, 6) is 2.03. The Hall–Kier alpha value is -0.440. The molecule has 0 aliphatic carbocycles. The summed E-state index contributed by atoms with van der Waals surface area (Å²) in [5.41, 5.74) is 2.85. The number of ether oxygens (including phenoxy) is 1. The highest BCUT2D eigenvalue weighted by atomic mass is 33.1. The molecular formula is C23H36N2O3S2. The molecule has 0 amide bonds. The Morgan fingerprint density at radius 1 is 1.17 bits per heavy atom. The van der Waals surface area contributed by atoms with Crippen molar-refractivity contribution in [3.8, 4) is 5.75 Å². The minimum Gasteiger partial charge on any atom is -0.487 e. The standard InChI is InChI=1S/C23H36N2O3S2/c1-21(2)13-29-30-20(21)12-24-11-17(26)18-8-7-14-9-15-16(10-19(14)28-18)23(5,6)25(27)22(15,3)4/h9-10,17-18,20,24,26-27H,7-8,11-13H2,1-6H3. The van der Waals surface area contributed by atoms with E-state index in [1.54, 1.807) is 0 Å². The number of aliphatic hydroxyl groups excluding tert-OH is 1. The van der Waals surface area contributed by atoms with Gasteiger partial charge in [0.1, 0.15) is 18.0 Å². The van der Waals surface area contributed by atoms with Crippen molar-refractivity contribution < 1.29 is 15.1 Å². The van der Waals surface area contributed by atoms with Crippen LogP contribution in [0.25, 0.3) is 0 Å². The van der Waals surface area contributed by atoms with Crippen LogP contribution >= 0.6 is 21.6 Å². The van der Waals surface area contributed by atoms with Gasteiger partial charge in [-0.2, -0.15) is 5.06 Å². The van der Waals surface area contributed by atoms with Crippen LogP contribution in [0.1, 0.15) is 64.7 Å². The lowest BCUT2D eigenvalue weighted by Gasteiger charge is -2.34. The van der Waals surface area contributed by atoms with Crippen LogP contribution in [0.4, 0.5) is 0 Å². The van der Waals surface area contributed by atoms with Crippen LogP contribution in [0.3, 0.4) is 0 Å². The van der Waals surface area contributed by atoms with Crippen molar-refractivity contribution in [1.82, 2.24) is 10.4 Å². The highest BCUT2D eigenvalue weighted by Crippen LogP contribution is 2.51. The fraction of sp³-hybridized carbons (Fsp3) is 0.739. The van der Waals surface area contributed by atoms with E-state index in [4.69, 9.17) is 4.74 Å². The van der Waals surface area contributed by atoms with E-state index in [0.29, 0.717) is 17.2 Å². The van der Waals surface area contributed by atoms with Gasteiger partial charge in [-0.15, -0.1) is 0 Å². The molecule has 3 aliphatic rings. The monoisotopic (exact) mass is 452 g/mol. The van der Waals surface area contributed by atoms with Crippen molar-refractivity contribution in [1.29, 1.82) is 0 Å². The number of aliphatic hydroxyl groups is 1. The minimum absolute atomic E-state index is 0.204. The zero-order chi connectivity index (χ0) is 21.9. The van der Waals surface area contributed by atoms with E-state index >= 15 is 0 Å². The number of nitrogens with one attached hydrogen (secondary N) is 1. The second-order valence-electron chi connectivity index (χ2n) is 10.7. The average molecular weight is 453 g/mol. The summed E-state index contributed by atoms with van der Waals surface area (Å²) in [6.07, 6.45) is 0.951. The Kier molecular flexibility index (Phi) is 5.95. The molecule has 3 aliphatic heterocycles. The van der Waals surface area contributed by atoms with Gasteiger partial charge in [-0.1, -0.05) is 35.4 Å². The average Bonchev–Trinajstić information content (AvgIpc) is 3.08. The predicted octanol–water partition coefficient (Wildman–Crippen LogP) is 4.30. The molecule has 0 aromatic heterocycles. The Morgan fingerprint density at radius 2 is 1.83 bits per heavy atom. The number of hydroxylamine groups is 2. The fourth-order valence-electron chi connectivity index (χ4n) is 4.96. The number of aryl methyl sites for hydroxylation is 1. The van der Waals surface area contributed by atoms with Gasteiger partial charge >= 0.3 is 0 Å². The number of nitrogens with zero attached hydrogens (tertiary/aromatic N) is 1. The van der Waals surface area contributed by atoms with Crippen LogP contribution in [-0.2, 0) is 17.5 Å². The summed E-state index contributed by atoms with van der Waals surface area (Å²) in [6, 6.07) is 4.28. The molecule has 3 unspecified atom stereocenters. The normalized spacial score (nSPS) is 29.9. The smallest absolute Gasteiger partial charge is 0.126 e. The molecule has 3 heterocycles. The third kappa shape index (κ3) is 3.80. The summed E-state index contributed by atoms with van der Waals surface area (Å²) in [7, 11) is 3.90. The van der Waals surface area contributed by atoms with E-state index in [0.717, 1.165) is 36.3 Å². The quantitative estimate of drug-likeness (QED) is 0.576. The summed E-state index contributed by atoms with van der Waals surface area (Å²) in [6.45, 7) is 14.3. The van der Waals surface area contributed by atoms with E-state index in [9.17, 15) is 10.3 Å². The highest BCUT2D eigenvalue weighted by Gasteiger charge is 2.49. The predicted molar refractivity (Wildman–Crippen MR) is 125 cm³/mol. The van der Waals surface area contributed by atoms with Crippen molar-refractivity contribution in [3.63, 3.8) is 0 Å². The minimum atomic E-state index is -0.535. The highest BCUT2D eigenvalue weighted by molar-refractivity contribution is 8.77. The molecule has 3 atom stereocenters. The Bertz CT molecular complexity index is 812. The van der Waals surface area contributed by atoms with Gasteiger partial charge in [-0.3, -0.25) is 0 Å². The third-order valence-electron chi connectivity index (χ3n) is 7.15. The van der Waals surface area contributed by atoms with Crippen LogP contribution in [0, 0.1) is 5.41 Å². The molecule has 1 aromatic rings. The molecule has 0 spiro atoms. The fourth-order valence-corrected chi connectivity index (χ4v) is 8.92. The van der Waals surface area contributed by atoms with Crippen molar-refractivity contribution in [3.05, 3.63) is 28.8 Å². The maximum absolute atomic E-state index is 10.8. The Balaban J connectivity index is 1.42. The van der Waals surface area contributed by atoms with E-state index < -0.39 is 17.2 Å². The number of fused-ring (bicyclic) bond motifs is 2. The van der Waals surface area contributed by atoms with Gasteiger partial charge in [-0.05, 0) is 74.8 Å². The molecule has 1 fully saturated rings. The second kappa shape index (κ2) is 7.85. The second-order valence-corrected chi connectivity index (χ2v) is 13.3. The molecule has 0 bridgehead atoms.